The number of hydrogen-bond acceptors (Lipinski definition) is 19. The number of allylic oxidation sites excluding steroid dienone is 3. The summed E-state index contributed by atoms with van der Waals surface area (Å²) in [5, 5.41) is 138. The van der Waals surface area contributed by atoms with Crippen molar-refractivity contribution in [2.45, 2.75) is 185 Å². The molecule has 19 nitrogen and oxygen atoms in total. The summed E-state index contributed by atoms with van der Waals surface area (Å²) in [6.07, 6.45) is -13.7. The molecule has 13 N–H and O–H groups in total. The van der Waals surface area contributed by atoms with Gasteiger partial charge in [-0.15, -0.1) is 0 Å². The molecular formula is C47H76O19. The lowest BCUT2D eigenvalue weighted by atomic mass is 9.35. The standard InChI is InChI=1S/C47H76O19/c1-22-32(55)38(66-39-36(59)35(58)34(57)27(18-49)64-39)37(60)40(63-22)65-31-10-11-43(3)28(44(31,4)20-50)9-12-45(5)29(43)8-7-23-24-15-42(2,41(61)62-19-26(53)33(56)25(52)17-48)13-14-47(24,21-51)30(54)16-46(23,45)6/h7-8,22,25-40,48-60H,9-21H2,1-6H3/t22-,25+,26-,27+,28+,29+,30+,31-,32-,33+,34+,35-,36+,37+,38+,39-,40-,42-,43-,44-,45+,46+,47+/m0/s1. The first kappa shape index (κ1) is 52.1. The van der Waals surface area contributed by atoms with E-state index in [1.807, 2.05) is 6.92 Å². The molecule has 66 heavy (non-hydrogen) atoms. The average Bonchev–Trinajstić information content (AvgIpc) is 3.29. The summed E-state index contributed by atoms with van der Waals surface area (Å²) >= 11 is 0. The number of carbonyl (C=O) groups excluding carboxylic acids is 1. The molecule has 0 aromatic carbocycles. The van der Waals surface area contributed by atoms with Gasteiger partial charge >= 0.3 is 5.97 Å². The quantitative estimate of drug-likeness (QED) is 0.0721. The fourth-order valence-electron chi connectivity index (χ4n) is 13.9. The summed E-state index contributed by atoms with van der Waals surface area (Å²) in [6, 6.07) is 0. The van der Waals surface area contributed by atoms with Crippen LogP contribution in [0.4, 0.5) is 0 Å². The Kier molecular flexibility index (Phi) is 14.8. The fourth-order valence-corrected chi connectivity index (χ4v) is 13.9. The van der Waals surface area contributed by atoms with Gasteiger partial charge in [-0.25, -0.2) is 0 Å². The number of ether oxygens (including phenoxy) is 5. The van der Waals surface area contributed by atoms with E-state index in [0.29, 0.717) is 38.5 Å². The molecule has 19 heteroatoms. The van der Waals surface area contributed by atoms with E-state index in [2.05, 4.69) is 32.9 Å². The molecule has 0 radical (unpaired) electrons. The Morgan fingerprint density at radius 1 is 0.788 bits per heavy atom. The third kappa shape index (κ3) is 8.06. The van der Waals surface area contributed by atoms with E-state index in [-0.39, 0.29) is 37.9 Å². The van der Waals surface area contributed by atoms with Crippen molar-refractivity contribution in [3.63, 3.8) is 0 Å². The van der Waals surface area contributed by atoms with Gasteiger partial charge in [-0.2, -0.15) is 0 Å². The van der Waals surface area contributed by atoms with Crippen molar-refractivity contribution in [2.75, 3.05) is 33.0 Å². The largest absolute Gasteiger partial charge is 0.462 e. The van der Waals surface area contributed by atoms with Crippen LogP contribution in [0.25, 0.3) is 0 Å². The third-order valence-corrected chi connectivity index (χ3v) is 18.5. The second kappa shape index (κ2) is 18.8. The van der Waals surface area contributed by atoms with E-state index in [4.69, 9.17) is 23.7 Å². The highest BCUT2D eigenvalue weighted by molar-refractivity contribution is 5.77. The first-order chi connectivity index (χ1) is 30.9. The van der Waals surface area contributed by atoms with Crippen LogP contribution in [-0.2, 0) is 28.5 Å². The van der Waals surface area contributed by atoms with Crippen LogP contribution in [0.15, 0.2) is 23.3 Å². The summed E-state index contributed by atoms with van der Waals surface area (Å²) in [7, 11) is 0. The molecule has 0 amide bonds. The van der Waals surface area contributed by atoms with Crippen molar-refractivity contribution in [3.05, 3.63) is 23.3 Å². The van der Waals surface area contributed by atoms with Crippen LogP contribution < -0.4 is 0 Å². The highest BCUT2D eigenvalue weighted by Crippen LogP contribution is 2.74. The van der Waals surface area contributed by atoms with Crippen molar-refractivity contribution < 1.29 is 94.9 Å². The number of aliphatic hydroxyl groups is 13. The van der Waals surface area contributed by atoms with Gasteiger partial charge < -0.3 is 90.1 Å². The summed E-state index contributed by atoms with van der Waals surface area (Å²) in [5.41, 5.74) is -2.75. The highest BCUT2D eigenvalue weighted by atomic mass is 16.7. The van der Waals surface area contributed by atoms with Gasteiger partial charge in [0, 0.05) is 16.2 Å². The maximum Gasteiger partial charge on any atom is 0.312 e. The maximum atomic E-state index is 13.8. The average molecular weight is 945 g/mol. The van der Waals surface area contributed by atoms with Gasteiger partial charge in [-0.05, 0) is 93.5 Å². The molecule has 7 aliphatic rings. The lowest BCUT2D eigenvalue weighted by Crippen LogP contribution is -2.67. The van der Waals surface area contributed by atoms with Crippen molar-refractivity contribution in [1.82, 2.24) is 0 Å². The number of carbonyl (C=O) groups is 1. The van der Waals surface area contributed by atoms with Crippen LogP contribution in [0.3, 0.4) is 0 Å². The topological polar surface area (TPSA) is 326 Å². The predicted octanol–water partition coefficient (Wildman–Crippen LogP) is -1.72. The third-order valence-electron chi connectivity index (χ3n) is 18.5. The van der Waals surface area contributed by atoms with Crippen LogP contribution >= 0.6 is 0 Å². The molecule has 5 aliphatic carbocycles. The molecular weight excluding hydrogens is 868 g/mol. The molecule has 378 valence electrons. The van der Waals surface area contributed by atoms with E-state index in [1.165, 1.54) is 0 Å². The minimum absolute atomic E-state index is 0.0658. The van der Waals surface area contributed by atoms with Crippen molar-refractivity contribution >= 4 is 5.97 Å². The van der Waals surface area contributed by atoms with E-state index < -0.39 is 150 Å². The SMILES string of the molecule is C[C@@H]1O[C@@H](O[C@H]2CC[C@@]3(C)[C@@H](CC[C@]4(C)[C@@H]3C=CC3=C5C[C@@](C)(C(=O)OC[C@H](O)[C@H](O)[C@H](O)CO)CC[C@]5(CO)[C@H](O)C[C@]34C)[C@]2(C)CO)[C@H](O)[C@H](O[C@@H]2O[C@H](CO)[C@@H](O)[C@H](O)[C@H]2O)[C@H]1O. The minimum atomic E-state index is -1.78. The molecule has 0 bridgehead atoms. The number of rotatable bonds is 13. The zero-order chi connectivity index (χ0) is 48.7. The van der Waals surface area contributed by atoms with Gasteiger partial charge in [0.25, 0.3) is 0 Å². The van der Waals surface area contributed by atoms with Gasteiger partial charge in [0.05, 0.1) is 50.2 Å². The summed E-state index contributed by atoms with van der Waals surface area (Å²) in [5.74, 6) is -0.824. The van der Waals surface area contributed by atoms with Gasteiger partial charge in [-0.3, -0.25) is 4.79 Å². The smallest absolute Gasteiger partial charge is 0.312 e. The number of esters is 1. The van der Waals surface area contributed by atoms with Gasteiger partial charge in [0.1, 0.15) is 67.6 Å². The maximum absolute atomic E-state index is 13.8. The Bertz CT molecular complexity index is 1810. The molecule has 3 saturated carbocycles. The summed E-state index contributed by atoms with van der Waals surface area (Å²) in [6.45, 7) is 9.21. The predicted molar refractivity (Wildman–Crippen MR) is 229 cm³/mol. The second-order valence-electron chi connectivity index (χ2n) is 22.1. The Balaban J connectivity index is 1.14. The van der Waals surface area contributed by atoms with E-state index >= 15 is 0 Å². The highest BCUT2D eigenvalue weighted by Gasteiger charge is 2.69. The Labute approximate surface area is 385 Å². The van der Waals surface area contributed by atoms with Gasteiger partial charge in [0.2, 0.25) is 0 Å². The Morgan fingerprint density at radius 2 is 1.47 bits per heavy atom. The Morgan fingerprint density at radius 3 is 2.11 bits per heavy atom. The molecule has 23 atom stereocenters. The van der Waals surface area contributed by atoms with Crippen LogP contribution in [0.5, 0.6) is 0 Å². The van der Waals surface area contributed by atoms with E-state index in [1.54, 1.807) is 13.8 Å². The molecule has 0 unspecified atom stereocenters. The molecule has 2 aliphatic heterocycles. The monoisotopic (exact) mass is 944 g/mol. The van der Waals surface area contributed by atoms with E-state index in [0.717, 1.165) is 11.1 Å². The molecule has 2 heterocycles. The van der Waals surface area contributed by atoms with Gasteiger partial charge in [0.15, 0.2) is 12.6 Å². The normalized spacial score (nSPS) is 50.6. The molecule has 0 spiro atoms. The lowest BCUT2D eigenvalue weighted by Gasteiger charge is -2.70. The Hall–Kier alpha value is -1.73. The van der Waals surface area contributed by atoms with Crippen molar-refractivity contribution in [1.29, 1.82) is 0 Å². The number of aliphatic hydroxyl groups excluding tert-OH is 13. The number of fused-ring (bicyclic) bond motifs is 6. The fraction of sp³-hybridized carbons (Fsp3) is 0.894. The molecule has 2 saturated heterocycles. The van der Waals surface area contributed by atoms with Crippen molar-refractivity contribution in [2.24, 2.45) is 44.3 Å². The van der Waals surface area contributed by atoms with E-state index in [9.17, 15) is 71.2 Å². The summed E-state index contributed by atoms with van der Waals surface area (Å²) in [4.78, 5) is 13.8. The van der Waals surface area contributed by atoms with Crippen LogP contribution in [0.2, 0.25) is 0 Å². The minimum Gasteiger partial charge on any atom is -0.462 e. The first-order valence-corrected chi connectivity index (χ1v) is 23.7. The van der Waals surface area contributed by atoms with Crippen LogP contribution in [0, 0.1) is 44.3 Å². The zero-order valence-corrected chi connectivity index (χ0v) is 38.9. The van der Waals surface area contributed by atoms with Crippen LogP contribution in [0.1, 0.15) is 92.9 Å². The lowest BCUT2D eigenvalue weighted by molar-refractivity contribution is -0.367. The first-order valence-electron chi connectivity index (χ1n) is 23.7. The number of hydrogen-bond donors (Lipinski definition) is 13. The molecule has 0 aromatic heterocycles. The zero-order valence-electron chi connectivity index (χ0n) is 38.9. The summed E-state index contributed by atoms with van der Waals surface area (Å²) < 4.78 is 29.5. The second-order valence-corrected chi connectivity index (χ2v) is 22.1. The molecule has 5 fully saturated rings. The van der Waals surface area contributed by atoms with Gasteiger partial charge in [-0.1, -0.05) is 45.4 Å². The molecule has 0 aromatic rings. The van der Waals surface area contributed by atoms with Crippen LogP contribution in [-0.4, -0.2) is 197 Å². The molecule has 7 rings (SSSR count). The van der Waals surface area contributed by atoms with Crippen molar-refractivity contribution in [3.8, 4) is 0 Å².